The number of alkyl halides is 3. The summed E-state index contributed by atoms with van der Waals surface area (Å²) >= 11 is 0. The van der Waals surface area contributed by atoms with Crippen molar-refractivity contribution in [3.8, 4) is 0 Å². The van der Waals surface area contributed by atoms with E-state index in [9.17, 15) is 13.2 Å². The van der Waals surface area contributed by atoms with Crippen LogP contribution >= 0.6 is 0 Å². The van der Waals surface area contributed by atoms with E-state index in [2.05, 4.69) is 9.97 Å². The lowest BCUT2D eigenvalue weighted by Crippen LogP contribution is -2.04. The van der Waals surface area contributed by atoms with Crippen LogP contribution in [0.5, 0.6) is 0 Å². The van der Waals surface area contributed by atoms with E-state index in [1.165, 1.54) is 18.2 Å². The molecule has 21 heavy (non-hydrogen) atoms. The molecule has 0 N–H and O–H groups in total. The van der Waals surface area contributed by atoms with E-state index in [1.807, 2.05) is 0 Å². The molecule has 0 aliphatic heterocycles. The molecule has 0 aliphatic rings. The van der Waals surface area contributed by atoms with Crippen LogP contribution in [0.1, 0.15) is 17.0 Å². The van der Waals surface area contributed by atoms with Crippen molar-refractivity contribution < 1.29 is 17.6 Å². The molecular formula is C15H9F3N2O. The van der Waals surface area contributed by atoms with Gasteiger partial charge in [-0.2, -0.15) is 18.2 Å². The third kappa shape index (κ3) is 2.94. The standard InChI is InChI=1S/C15H9F3N2O/c16-15(17,18)11-4-1-3-10(9-11)6-7-13-20-14-12(21-13)5-2-8-19-14/h1-9H/b7-6+. The van der Waals surface area contributed by atoms with Crippen molar-refractivity contribution in [2.45, 2.75) is 6.18 Å². The first kappa shape index (κ1) is 13.4. The number of halogens is 3. The molecule has 3 aromatic rings. The third-order valence-electron chi connectivity index (χ3n) is 2.81. The van der Waals surface area contributed by atoms with Gasteiger partial charge in [0.25, 0.3) is 0 Å². The van der Waals surface area contributed by atoms with Crippen molar-refractivity contribution in [2.75, 3.05) is 0 Å². The second kappa shape index (κ2) is 5.05. The van der Waals surface area contributed by atoms with Crippen molar-refractivity contribution in [3.63, 3.8) is 0 Å². The summed E-state index contributed by atoms with van der Waals surface area (Å²) in [6.45, 7) is 0. The molecule has 0 atom stereocenters. The van der Waals surface area contributed by atoms with Crippen LogP contribution in [0.3, 0.4) is 0 Å². The van der Waals surface area contributed by atoms with E-state index in [1.54, 1.807) is 24.4 Å². The number of nitrogens with zero attached hydrogens (tertiary/aromatic N) is 2. The van der Waals surface area contributed by atoms with E-state index in [0.717, 1.165) is 12.1 Å². The fraction of sp³-hybridized carbons (Fsp3) is 0.0667. The van der Waals surface area contributed by atoms with E-state index < -0.39 is 11.7 Å². The quantitative estimate of drug-likeness (QED) is 0.701. The Balaban J connectivity index is 1.89. The molecule has 0 fully saturated rings. The van der Waals surface area contributed by atoms with Crippen LogP contribution in [0.25, 0.3) is 23.4 Å². The monoisotopic (exact) mass is 290 g/mol. The van der Waals surface area contributed by atoms with Crippen molar-refractivity contribution in [1.82, 2.24) is 9.97 Å². The highest BCUT2D eigenvalue weighted by molar-refractivity contribution is 5.72. The van der Waals surface area contributed by atoms with Gasteiger partial charge in [-0.3, -0.25) is 0 Å². The lowest BCUT2D eigenvalue weighted by Gasteiger charge is -2.06. The Morgan fingerprint density at radius 2 is 1.90 bits per heavy atom. The zero-order valence-corrected chi connectivity index (χ0v) is 10.6. The normalized spacial score (nSPS) is 12.3. The zero-order valence-electron chi connectivity index (χ0n) is 10.6. The highest BCUT2D eigenvalue weighted by Crippen LogP contribution is 2.29. The molecular weight excluding hydrogens is 281 g/mol. The van der Waals surface area contributed by atoms with Gasteiger partial charge >= 0.3 is 6.18 Å². The largest absolute Gasteiger partial charge is 0.435 e. The molecule has 0 saturated heterocycles. The first-order valence-electron chi connectivity index (χ1n) is 6.09. The number of aromatic nitrogens is 2. The molecule has 0 aliphatic carbocycles. The molecule has 0 amide bonds. The van der Waals surface area contributed by atoms with Crippen molar-refractivity contribution in [2.24, 2.45) is 0 Å². The van der Waals surface area contributed by atoms with E-state index in [-0.39, 0.29) is 0 Å². The van der Waals surface area contributed by atoms with Gasteiger partial charge in [0, 0.05) is 12.3 Å². The Bertz CT molecular complexity index is 773. The molecule has 3 nitrogen and oxygen atoms in total. The average Bonchev–Trinajstić information content (AvgIpc) is 2.87. The van der Waals surface area contributed by atoms with E-state index in [0.29, 0.717) is 22.7 Å². The smallest absolute Gasteiger partial charge is 0.416 e. The maximum atomic E-state index is 12.6. The Labute approximate surface area is 117 Å². The molecule has 0 radical (unpaired) electrons. The summed E-state index contributed by atoms with van der Waals surface area (Å²) in [5, 5.41) is 0. The van der Waals surface area contributed by atoms with Crippen molar-refractivity contribution in [3.05, 3.63) is 59.6 Å². The molecule has 106 valence electrons. The number of pyridine rings is 1. The van der Waals surface area contributed by atoms with Gasteiger partial charge in [-0.05, 0) is 35.9 Å². The molecule has 0 spiro atoms. The van der Waals surface area contributed by atoms with Crippen LogP contribution in [0.4, 0.5) is 13.2 Å². The minimum absolute atomic E-state index is 0.293. The van der Waals surface area contributed by atoms with Gasteiger partial charge in [-0.1, -0.05) is 12.1 Å². The fourth-order valence-corrected chi connectivity index (χ4v) is 1.84. The van der Waals surface area contributed by atoms with Gasteiger partial charge in [-0.15, -0.1) is 0 Å². The molecule has 2 aromatic heterocycles. The number of oxazole rings is 1. The highest BCUT2D eigenvalue weighted by atomic mass is 19.4. The summed E-state index contributed by atoms with van der Waals surface area (Å²) in [5.41, 5.74) is 0.714. The summed E-state index contributed by atoms with van der Waals surface area (Å²) in [6, 6.07) is 8.46. The number of hydrogen-bond acceptors (Lipinski definition) is 3. The molecule has 6 heteroatoms. The SMILES string of the molecule is FC(F)(F)c1cccc(/C=C/c2nc3ncccc3o2)c1. The number of hydrogen-bond donors (Lipinski definition) is 0. The molecule has 0 saturated carbocycles. The topological polar surface area (TPSA) is 38.9 Å². The van der Waals surface area contributed by atoms with Gasteiger partial charge in [0.2, 0.25) is 5.89 Å². The Morgan fingerprint density at radius 3 is 2.67 bits per heavy atom. The van der Waals surface area contributed by atoms with Gasteiger partial charge in [0.15, 0.2) is 11.2 Å². The molecule has 0 bridgehead atoms. The van der Waals surface area contributed by atoms with Crippen LogP contribution in [-0.4, -0.2) is 9.97 Å². The molecule has 3 rings (SSSR count). The summed E-state index contributed by atoms with van der Waals surface area (Å²) < 4.78 is 43.2. The van der Waals surface area contributed by atoms with Crippen molar-refractivity contribution in [1.29, 1.82) is 0 Å². The van der Waals surface area contributed by atoms with Crippen LogP contribution in [0.15, 0.2) is 47.0 Å². The Hall–Kier alpha value is -2.63. The molecule has 0 unspecified atom stereocenters. The number of rotatable bonds is 2. The predicted octanol–water partition coefficient (Wildman–Crippen LogP) is 4.41. The number of benzene rings is 1. The Kier molecular flexibility index (Phi) is 3.21. The first-order valence-corrected chi connectivity index (χ1v) is 6.09. The average molecular weight is 290 g/mol. The number of fused-ring (bicyclic) bond motifs is 1. The van der Waals surface area contributed by atoms with Crippen LogP contribution < -0.4 is 0 Å². The predicted molar refractivity (Wildman–Crippen MR) is 72.2 cm³/mol. The summed E-state index contributed by atoms with van der Waals surface area (Å²) in [7, 11) is 0. The molecule has 2 heterocycles. The summed E-state index contributed by atoms with van der Waals surface area (Å²) in [6.07, 6.45) is 0.258. The zero-order chi connectivity index (χ0) is 14.9. The van der Waals surface area contributed by atoms with Crippen LogP contribution in [-0.2, 0) is 6.18 Å². The fourth-order valence-electron chi connectivity index (χ4n) is 1.84. The lowest BCUT2D eigenvalue weighted by molar-refractivity contribution is -0.137. The van der Waals surface area contributed by atoms with Gasteiger partial charge in [-0.25, -0.2) is 4.98 Å². The highest BCUT2D eigenvalue weighted by Gasteiger charge is 2.30. The van der Waals surface area contributed by atoms with Crippen molar-refractivity contribution >= 4 is 23.4 Å². The van der Waals surface area contributed by atoms with E-state index in [4.69, 9.17) is 4.42 Å². The summed E-state index contributed by atoms with van der Waals surface area (Å²) in [4.78, 5) is 8.13. The van der Waals surface area contributed by atoms with Gasteiger partial charge in [0.1, 0.15) is 0 Å². The minimum atomic E-state index is -4.36. The van der Waals surface area contributed by atoms with Gasteiger partial charge in [0.05, 0.1) is 5.56 Å². The maximum Gasteiger partial charge on any atom is 0.416 e. The first-order chi connectivity index (χ1) is 10.0. The Morgan fingerprint density at radius 1 is 1.05 bits per heavy atom. The van der Waals surface area contributed by atoms with Gasteiger partial charge < -0.3 is 4.42 Å². The molecule has 1 aromatic carbocycles. The minimum Gasteiger partial charge on any atom is -0.435 e. The second-order valence-electron chi connectivity index (χ2n) is 4.33. The van der Waals surface area contributed by atoms with E-state index >= 15 is 0 Å². The maximum absolute atomic E-state index is 12.6. The van der Waals surface area contributed by atoms with Crippen LogP contribution in [0, 0.1) is 0 Å². The summed E-state index contributed by atoms with van der Waals surface area (Å²) in [5.74, 6) is 0.293. The third-order valence-corrected chi connectivity index (χ3v) is 2.81. The van der Waals surface area contributed by atoms with Crippen LogP contribution in [0.2, 0.25) is 0 Å². The lowest BCUT2D eigenvalue weighted by atomic mass is 10.1. The second-order valence-corrected chi connectivity index (χ2v) is 4.33.